The van der Waals surface area contributed by atoms with E-state index in [-0.39, 0.29) is 30.7 Å². The third-order valence-corrected chi connectivity index (χ3v) is 4.49. The number of rotatable bonds is 7. The summed E-state index contributed by atoms with van der Waals surface area (Å²) in [5, 5.41) is 23.0. The van der Waals surface area contributed by atoms with Crippen LogP contribution in [0.3, 0.4) is 0 Å². The van der Waals surface area contributed by atoms with Crippen LogP contribution < -0.4 is 5.32 Å². The number of carbonyl (C=O) groups is 1. The van der Waals surface area contributed by atoms with Gasteiger partial charge in [-0.3, -0.25) is 14.9 Å². The molecule has 0 radical (unpaired) electrons. The van der Waals surface area contributed by atoms with Gasteiger partial charge >= 0.3 is 0 Å². The Morgan fingerprint density at radius 3 is 2.74 bits per heavy atom. The van der Waals surface area contributed by atoms with Gasteiger partial charge in [0.05, 0.1) is 11.3 Å². The largest absolute Gasteiger partial charge is 0.396 e. The van der Waals surface area contributed by atoms with E-state index in [1.807, 2.05) is 0 Å². The summed E-state index contributed by atoms with van der Waals surface area (Å²) in [6.07, 6.45) is 6.44. The van der Waals surface area contributed by atoms with Gasteiger partial charge in [0.25, 0.3) is 5.69 Å². The molecule has 1 atom stereocenters. The molecule has 23 heavy (non-hydrogen) atoms. The number of benzene rings is 1. The molecule has 1 amide bonds. The predicted octanol–water partition coefficient (Wildman–Crippen LogP) is 2.58. The number of hydrogen-bond donors (Lipinski definition) is 2. The minimum absolute atomic E-state index is 0.00510. The van der Waals surface area contributed by atoms with Crippen LogP contribution in [-0.2, 0) is 11.2 Å². The molecular formula is C17H24N2O4. The predicted molar refractivity (Wildman–Crippen MR) is 87.0 cm³/mol. The summed E-state index contributed by atoms with van der Waals surface area (Å²) in [6.45, 7) is 0.0538. The van der Waals surface area contributed by atoms with Crippen LogP contribution in [-0.4, -0.2) is 28.6 Å². The van der Waals surface area contributed by atoms with Crippen molar-refractivity contribution in [2.24, 2.45) is 5.92 Å². The molecule has 0 saturated heterocycles. The molecule has 0 aromatic heterocycles. The number of nitro groups is 1. The van der Waals surface area contributed by atoms with E-state index in [9.17, 15) is 20.0 Å². The number of carbonyl (C=O) groups excluding carboxylic acids is 1. The fraction of sp³-hybridized carbons (Fsp3) is 0.588. The second-order valence-electron chi connectivity index (χ2n) is 6.19. The van der Waals surface area contributed by atoms with Crippen molar-refractivity contribution in [1.29, 1.82) is 0 Å². The van der Waals surface area contributed by atoms with Gasteiger partial charge < -0.3 is 10.4 Å². The van der Waals surface area contributed by atoms with Crippen LogP contribution in [0, 0.1) is 16.0 Å². The van der Waals surface area contributed by atoms with Gasteiger partial charge in [-0.25, -0.2) is 0 Å². The molecule has 1 aromatic carbocycles. The number of nitro benzene ring substituents is 1. The SMILES string of the molecule is O=C(Cc1cccc([N+](=O)[O-])c1)NC(CCO)C1CCCCC1. The van der Waals surface area contributed by atoms with E-state index in [2.05, 4.69) is 5.32 Å². The van der Waals surface area contributed by atoms with E-state index in [1.165, 1.54) is 31.4 Å². The third kappa shape index (κ3) is 5.32. The molecule has 1 aliphatic carbocycles. The van der Waals surface area contributed by atoms with E-state index in [0.29, 0.717) is 17.9 Å². The van der Waals surface area contributed by atoms with Crippen LogP contribution in [0.25, 0.3) is 0 Å². The van der Waals surface area contributed by atoms with Crippen LogP contribution in [0.1, 0.15) is 44.1 Å². The maximum Gasteiger partial charge on any atom is 0.269 e. The fourth-order valence-corrected chi connectivity index (χ4v) is 3.32. The number of amides is 1. The van der Waals surface area contributed by atoms with E-state index in [4.69, 9.17) is 0 Å². The standard InChI is InChI=1S/C17H24N2O4/c20-10-9-16(14-6-2-1-3-7-14)18-17(21)12-13-5-4-8-15(11-13)19(22)23/h4-5,8,11,14,16,20H,1-3,6-7,9-10,12H2,(H,18,21). The van der Waals surface area contributed by atoms with Crippen LogP contribution in [0.4, 0.5) is 5.69 Å². The Morgan fingerprint density at radius 1 is 1.35 bits per heavy atom. The minimum Gasteiger partial charge on any atom is -0.396 e. The molecule has 2 N–H and O–H groups in total. The highest BCUT2D eigenvalue weighted by atomic mass is 16.6. The van der Waals surface area contributed by atoms with Crippen molar-refractivity contribution < 1.29 is 14.8 Å². The van der Waals surface area contributed by atoms with Gasteiger partial charge in [0, 0.05) is 24.8 Å². The van der Waals surface area contributed by atoms with E-state index >= 15 is 0 Å². The third-order valence-electron chi connectivity index (χ3n) is 4.49. The lowest BCUT2D eigenvalue weighted by atomic mass is 9.82. The number of hydrogen-bond acceptors (Lipinski definition) is 4. The first-order valence-corrected chi connectivity index (χ1v) is 8.23. The topological polar surface area (TPSA) is 92.5 Å². The average Bonchev–Trinajstić information content (AvgIpc) is 2.55. The second kappa shape index (κ2) is 8.62. The van der Waals surface area contributed by atoms with Crippen molar-refractivity contribution in [3.05, 3.63) is 39.9 Å². The molecule has 0 bridgehead atoms. The highest BCUT2D eigenvalue weighted by Crippen LogP contribution is 2.27. The molecule has 6 heteroatoms. The van der Waals surface area contributed by atoms with Gasteiger partial charge in [0.15, 0.2) is 0 Å². The molecule has 1 aromatic rings. The summed E-state index contributed by atoms with van der Waals surface area (Å²) < 4.78 is 0. The Bertz CT molecular complexity index is 541. The summed E-state index contributed by atoms with van der Waals surface area (Å²) in [7, 11) is 0. The summed E-state index contributed by atoms with van der Waals surface area (Å²) in [4.78, 5) is 22.6. The van der Waals surface area contributed by atoms with Crippen molar-refractivity contribution in [2.75, 3.05) is 6.61 Å². The molecule has 2 rings (SSSR count). The monoisotopic (exact) mass is 320 g/mol. The van der Waals surface area contributed by atoms with Gasteiger partial charge in [-0.2, -0.15) is 0 Å². The van der Waals surface area contributed by atoms with Gasteiger partial charge in [0.1, 0.15) is 0 Å². The zero-order valence-corrected chi connectivity index (χ0v) is 13.2. The highest BCUT2D eigenvalue weighted by molar-refractivity contribution is 5.79. The Morgan fingerprint density at radius 2 is 2.09 bits per heavy atom. The Hall–Kier alpha value is -1.95. The fourth-order valence-electron chi connectivity index (χ4n) is 3.32. The molecule has 1 unspecified atom stereocenters. The van der Waals surface area contributed by atoms with Crippen LogP contribution in [0.2, 0.25) is 0 Å². The van der Waals surface area contributed by atoms with Gasteiger partial charge in [-0.05, 0) is 30.7 Å². The van der Waals surface area contributed by atoms with Gasteiger partial charge in [-0.15, -0.1) is 0 Å². The number of nitrogens with one attached hydrogen (secondary N) is 1. The first kappa shape index (κ1) is 17.4. The molecular weight excluding hydrogens is 296 g/mol. The quantitative estimate of drug-likeness (QED) is 0.596. The van der Waals surface area contributed by atoms with Crippen molar-refractivity contribution in [3.63, 3.8) is 0 Å². The first-order chi connectivity index (χ1) is 11.1. The maximum absolute atomic E-state index is 12.3. The second-order valence-corrected chi connectivity index (χ2v) is 6.19. The smallest absolute Gasteiger partial charge is 0.269 e. The van der Waals surface area contributed by atoms with E-state index < -0.39 is 4.92 Å². The summed E-state index contributed by atoms with van der Waals surface area (Å²) in [5.74, 6) is 0.277. The molecule has 0 spiro atoms. The molecule has 0 aliphatic heterocycles. The lowest BCUT2D eigenvalue weighted by molar-refractivity contribution is -0.384. The van der Waals surface area contributed by atoms with Gasteiger partial charge in [-0.1, -0.05) is 31.4 Å². The van der Waals surface area contributed by atoms with Crippen LogP contribution in [0.15, 0.2) is 24.3 Å². The zero-order chi connectivity index (χ0) is 16.7. The van der Waals surface area contributed by atoms with Crippen molar-refractivity contribution >= 4 is 11.6 Å². The van der Waals surface area contributed by atoms with Crippen molar-refractivity contribution in [3.8, 4) is 0 Å². The van der Waals surface area contributed by atoms with Crippen LogP contribution >= 0.6 is 0 Å². The normalized spacial score (nSPS) is 16.7. The first-order valence-electron chi connectivity index (χ1n) is 8.23. The maximum atomic E-state index is 12.3. The molecule has 126 valence electrons. The zero-order valence-electron chi connectivity index (χ0n) is 13.2. The van der Waals surface area contributed by atoms with Gasteiger partial charge in [0.2, 0.25) is 5.91 Å². The highest BCUT2D eigenvalue weighted by Gasteiger charge is 2.24. The Kier molecular flexibility index (Phi) is 6.52. The lowest BCUT2D eigenvalue weighted by Crippen LogP contribution is -2.42. The molecule has 1 saturated carbocycles. The summed E-state index contributed by atoms with van der Waals surface area (Å²) in [6, 6.07) is 6.15. The minimum atomic E-state index is -0.460. The number of aliphatic hydroxyl groups excluding tert-OH is 1. The number of nitrogens with zero attached hydrogens (tertiary/aromatic N) is 1. The van der Waals surface area contributed by atoms with E-state index in [0.717, 1.165) is 12.8 Å². The Balaban J connectivity index is 1.95. The summed E-state index contributed by atoms with van der Waals surface area (Å²) in [5.41, 5.74) is 0.623. The molecule has 0 heterocycles. The van der Waals surface area contributed by atoms with Crippen LogP contribution in [0.5, 0.6) is 0 Å². The molecule has 6 nitrogen and oxygen atoms in total. The molecule has 1 aliphatic rings. The average molecular weight is 320 g/mol. The molecule has 1 fully saturated rings. The summed E-state index contributed by atoms with van der Waals surface area (Å²) >= 11 is 0. The van der Waals surface area contributed by atoms with Crippen molar-refractivity contribution in [2.45, 2.75) is 51.0 Å². The van der Waals surface area contributed by atoms with E-state index in [1.54, 1.807) is 12.1 Å². The number of aliphatic hydroxyl groups is 1. The van der Waals surface area contributed by atoms with Crippen molar-refractivity contribution in [1.82, 2.24) is 5.32 Å². The Labute approximate surface area is 136 Å². The lowest BCUT2D eigenvalue weighted by Gasteiger charge is -2.30. The number of non-ortho nitro benzene ring substituents is 1.